The number of para-hydroxylation sites is 1. The Hall–Kier alpha value is -3.02. The molecular formula is C24H24N3OS+. The number of rotatable bonds is 6. The Labute approximate surface area is 175 Å². The second-order valence-electron chi connectivity index (χ2n) is 7.32. The van der Waals surface area contributed by atoms with Crippen LogP contribution in [0.15, 0.2) is 78.9 Å². The van der Waals surface area contributed by atoms with Crippen molar-refractivity contribution >= 4 is 32.6 Å². The van der Waals surface area contributed by atoms with Crippen LogP contribution in [0.3, 0.4) is 0 Å². The number of amides is 1. The molecule has 1 aromatic heterocycles. The number of quaternary nitrogens is 1. The van der Waals surface area contributed by atoms with E-state index in [1.165, 1.54) is 4.90 Å². The molecule has 0 aliphatic carbocycles. The fourth-order valence-corrected chi connectivity index (χ4v) is 4.18. The standard InChI is InChI=1S/C24H23N3OS/c1-26(2)16-17-27(24-25-21-10-6-7-11-22(21)29-24)23(28)20-14-12-19(13-15-20)18-8-4-3-5-9-18/h3-15H,16-17H2,1-2H3/p+1. The highest BCUT2D eigenvalue weighted by Gasteiger charge is 2.22. The van der Waals surface area contributed by atoms with Crippen molar-refractivity contribution in [1.29, 1.82) is 0 Å². The van der Waals surface area contributed by atoms with Gasteiger partial charge in [0.05, 0.1) is 37.4 Å². The van der Waals surface area contributed by atoms with Gasteiger partial charge in [0.1, 0.15) is 0 Å². The molecule has 0 radical (unpaired) electrons. The highest BCUT2D eigenvalue weighted by Crippen LogP contribution is 2.29. The van der Waals surface area contributed by atoms with Crippen molar-refractivity contribution in [3.05, 3.63) is 84.4 Å². The van der Waals surface area contributed by atoms with Gasteiger partial charge in [0, 0.05) is 5.56 Å². The van der Waals surface area contributed by atoms with Crippen molar-refractivity contribution in [2.45, 2.75) is 0 Å². The van der Waals surface area contributed by atoms with Crippen molar-refractivity contribution in [2.75, 3.05) is 32.1 Å². The molecule has 29 heavy (non-hydrogen) atoms. The maximum Gasteiger partial charge on any atom is 0.260 e. The second kappa shape index (κ2) is 8.55. The zero-order chi connectivity index (χ0) is 20.2. The summed E-state index contributed by atoms with van der Waals surface area (Å²) in [6, 6.07) is 26.0. The van der Waals surface area contributed by atoms with Crippen molar-refractivity contribution in [3.8, 4) is 11.1 Å². The Balaban J connectivity index is 1.64. The summed E-state index contributed by atoms with van der Waals surface area (Å²) in [6.07, 6.45) is 0. The number of likely N-dealkylation sites (N-methyl/N-ethyl adjacent to an activating group) is 1. The minimum absolute atomic E-state index is 0.00934. The fourth-order valence-electron chi connectivity index (χ4n) is 3.19. The lowest BCUT2D eigenvalue weighted by atomic mass is 10.0. The Kier molecular flexibility index (Phi) is 5.69. The molecule has 1 heterocycles. The molecule has 0 aliphatic heterocycles. The predicted octanol–water partition coefficient (Wildman–Crippen LogP) is 3.75. The van der Waals surface area contributed by atoms with E-state index in [2.05, 4.69) is 26.2 Å². The summed E-state index contributed by atoms with van der Waals surface area (Å²) in [4.78, 5) is 21.2. The van der Waals surface area contributed by atoms with E-state index in [1.807, 2.05) is 71.6 Å². The topological polar surface area (TPSA) is 37.6 Å². The predicted molar refractivity (Wildman–Crippen MR) is 121 cm³/mol. The number of nitrogens with one attached hydrogen (secondary N) is 1. The van der Waals surface area contributed by atoms with Gasteiger partial charge < -0.3 is 4.90 Å². The molecule has 4 rings (SSSR count). The first kappa shape index (κ1) is 19.3. The van der Waals surface area contributed by atoms with Gasteiger partial charge in [0.25, 0.3) is 5.91 Å². The zero-order valence-electron chi connectivity index (χ0n) is 16.6. The number of anilines is 1. The minimum atomic E-state index is -0.00934. The number of thiazole rings is 1. The van der Waals surface area contributed by atoms with Gasteiger partial charge in [0.2, 0.25) is 0 Å². The van der Waals surface area contributed by atoms with Gasteiger partial charge in [0.15, 0.2) is 5.13 Å². The minimum Gasteiger partial charge on any atom is -0.338 e. The summed E-state index contributed by atoms with van der Waals surface area (Å²) in [6.45, 7) is 1.48. The molecule has 0 saturated heterocycles. The van der Waals surface area contributed by atoms with Gasteiger partial charge >= 0.3 is 0 Å². The molecule has 0 bridgehead atoms. The van der Waals surface area contributed by atoms with E-state index < -0.39 is 0 Å². The third kappa shape index (κ3) is 4.36. The maximum atomic E-state index is 13.4. The highest BCUT2D eigenvalue weighted by atomic mass is 32.1. The molecule has 3 aromatic carbocycles. The zero-order valence-corrected chi connectivity index (χ0v) is 17.4. The number of carbonyl (C=O) groups is 1. The van der Waals surface area contributed by atoms with Gasteiger partial charge in [-0.15, -0.1) is 0 Å². The third-order valence-electron chi connectivity index (χ3n) is 4.83. The molecule has 0 saturated carbocycles. The number of aromatic nitrogens is 1. The van der Waals surface area contributed by atoms with E-state index in [-0.39, 0.29) is 5.91 Å². The van der Waals surface area contributed by atoms with Crippen molar-refractivity contribution in [2.24, 2.45) is 0 Å². The lowest BCUT2D eigenvalue weighted by Crippen LogP contribution is -3.06. The van der Waals surface area contributed by atoms with E-state index in [1.54, 1.807) is 11.3 Å². The largest absolute Gasteiger partial charge is 0.338 e. The molecule has 4 nitrogen and oxygen atoms in total. The first-order valence-electron chi connectivity index (χ1n) is 9.74. The smallest absolute Gasteiger partial charge is 0.260 e. The van der Waals surface area contributed by atoms with E-state index in [9.17, 15) is 4.79 Å². The summed E-state index contributed by atoms with van der Waals surface area (Å²) in [5, 5.41) is 0.754. The molecule has 5 heteroatoms. The summed E-state index contributed by atoms with van der Waals surface area (Å²) in [5.74, 6) is -0.00934. The Bertz CT molecular complexity index is 1070. The van der Waals surface area contributed by atoms with Crippen LogP contribution in [0.5, 0.6) is 0 Å². The van der Waals surface area contributed by atoms with Crippen LogP contribution in [-0.2, 0) is 0 Å². The van der Waals surface area contributed by atoms with E-state index in [4.69, 9.17) is 4.98 Å². The van der Waals surface area contributed by atoms with Crippen molar-refractivity contribution in [3.63, 3.8) is 0 Å². The quantitative estimate of drug-likeness (QED) is 0.533. The molecule has 0 fully saturated rings. The monoisotopic (exact) mass is 402 g/mol. The molecule has 146 valence electrons. The van der Waals surface area contributed by atoms with Crippen LogP contribution in [0, 0.1) is 0 Å². The normalized spacial score (nSPS) is 11.1. The summed E-state index contributed by atoms with van der Waals surface area (Å²) >= 11 is 1.56. The molecule has 1 N–H and O–H groups in total. The van der Waals surface area contributed by atoms with Crippen molar-refractivity contribution < 1.29 is 9.69 Å². The summed E-state index contributed by atoms with van der Waals surface area (Å²) in [5.41, 5.74) is 3.86. The molecule has 0 aliphatic rings. The van der Waals surface area contributed by atoms with Crippen LogP contribution in [0.2, 0.25) is 0 Å². The fraction of sp³-hybridized carbons (Fsp3) is 0.167. The lowest BCUT2D eigenvalue weighted by Gasteiger charge is -2.21. The average molecular weight is 403 g/mol. The highest BCUT2D eigenvalue weighted by molar-refractivity contribution is 7.22. The first-order valence-corrected chi connectivity index (χ1v) is 10.6. The van der Waals surface area contributed by atoms with Gasteiger partial charge in [-0.05, 0) is 35.4 Å². The first-order chi connectivity index (χ1) is 14.1. The Morgan fingerprint density at radius 2 is 1.55 bits per heavy atom. The number of hydrogen-bond donors (Lipinski definition) is 1. The third-order valence-corrected chi connectivity index (χ3v) is 5.89. The van der Waals surface area contributed by atoms with E-state index in [0.717, 1.165) is 33.0 Å². The number of nitrogens with zero attached hydrogens (tertiary/aromatic N) is 2. The van der Waals surface area contributed by atoms with Gasteiger partial charge in [-0.3, -0.25) is 9.69 Å². The van der Waals surface area contributed by atoms with Gasteiger partial charge in [-0.2, -0.15) is 0 Å². The second-order valence-corrected chi connectivity index (χ2v) is 8.33. The Morgan fingerprint density at radius 3 is 2.24 bits per heavy atom. The van der Waals surface area contributed by atoms with Crippen LogP contribution in [0.1, 0.15) is 10.4 Å². The molecular weight excluding hydrogens is 378 g/mol. The number of hydrogen-bond acceptors (Lipinski definition) is 3. The lowest BCUT2D eigenvalue weighted by molar-refractivity contribution is -0.856. The summed E-state index contributed by atoms with van der Waals surface area (Å²) < 4.78 is 1.09. The average Bonchev–Trinajstić information content (AvgIpc) is 3.18. The van der Waals surface area contributed by atoms with Crippen molar-refractivity contribution in [1.82, 2.24) is 4.98 Å². The molecule has 0 atom stereocenters. The number of fused-ring (bicyclic) bond motifs is 1. The SMILES string of the molecule is C[NH+](C)CCN(C(=O)c1ccc(-c2ccccc2)cc1)c1nc2ccccc2s1. The maximum absolute atomic E-state index is 13.4. The number of carbonyl (C=O) groups excluding carboxylic acids is 1. The van der Waals surface area contributed by atoms with Crippen LogP contribution >= 0.6 is 11.3 Å². The van der Waals surface area contributed by atoms with Gasteiger partial charge in [-0.25, -0.2) is 4.98 Å². The molecule has 1 amide bonds. The van der Waals surface area contributed by atoms with E-state index >= 15 is 0 Å². The van der Waals surface area contributed by atoms with Crippen LogP contribution < -0.4 is 9.80 Å². The van der Waals surface area contributed by atoms with Crippen LogP contribution in [0.25, 0.3) is 21.3 Å². The molecule has 0 spiro atoms. The molecule has 4 aromatic rings. The molecule has 0 unspecified atom stereocenters. The Morgan fingerprint density at radius 1 is 0.897 bits per heavy atom. The van der Waals surface area contributed by atoms with Crippen LogP contribution in [-0.4, -0.2) is 38.1 Å². The summed E-state index contributed by atoms with van der Waals surface area (Å²) in [7, 11) is 4.19. The van der Waals surface area contributed by atoms with Gasteiger partial charge in [-0.1, -0.05) is 65.9 Å². The van der Waals surface area contributed by atoms with E-state index in [0.29, 0.717) is 12.1 Å². The van der Waals surface area contributed by atoms with Crippen LogP contribution in [0.4, 0.5) is 5.13 Å². The number of benzene rings is 3.